The molecule has 40 heavy (non-hydrogen) atoms. The molecule has 0 amide bonds. The largest absolute Gasteiger partial charge is 0.573 e. The Morgan fingerprint density at radius 1 is 0.500 bits per heavy atom. The van der Waals surface area contributed by atoms with Gasteiger partial charge in [-0.25, -0.2) is 0 Å². The van der Waals surface area contributed by atoms with Gasteiger partial charge in [0.2, 0.25) is 0 Å². The zero-order valence-electron chi connectivity index (χ0n) is 19.5. The second-order valence-electron chi connectivity index (χ2n) is 8.37. The summed E-state index contributed by atoms with van der Waals surface area (Å²) in [7, 11) is 0. The van der Waals surface area contributed by atoms with Gasteiger partial charge >= 0.3 is 12.7 Å². The van der Waals surface area contributed by atoms with Gasteiger partial charge in [-0.05, 0) is 63.2 Å². The van der Waals surface area contributed by atoms with Crippen LogP contribution in [-0.2, 0) is 0 Å². The van der Waals surface area contributed by atoms with Crippen LogP contribution in [0.15, 0.2) is 59.7 Å². The highest BCUT2D eigenvalue weighted by molar-refractivity contribution is 6.15. The minimum atomic E-state index is -5.03. The van der Waals surface area contributed by atoms with Crippen molar-refractivity contribution in [2.45, 2.75) is 12.7 Å². The van der Waals surface area contributed by atoms with E-state index in [2.05, 4.69) is 9.47 Å². The Morgan fingerprint density at radius 3 is 1.43 bits per heavy atom. The molecule has 0 fully saturated rings. The highest BCUT2D eigenvalue weighted by Gasteiger charge is 2.38. The van der Waals surface area contributed by atoms with Crippen LogP contribution in [-0.4, -0.2) is 12.7 Å². The molecule has 0 heterocycles. The monoisotopic (exact) mass is 546 g/mol. The minimum absolute atomic E-state index is 0.00251. The molecule has 6 nitrogen and oxygen atoms in total. The van der Waals surface area contributed by atoms with E-state index >= 15 is 0 Å². The molecule has 12 heteroatoms. The van der Waals surface area contributed by atoms with Crippen molar-refractivity contribution in [3.8, 4) is 58.0 Å². The highest BCUT2D eigenvalue weighted by Crippen LogP contribution is 2.57. The fourth-order valence-electron chi connectivity index (χ4n) is 4.96. The lowest BCUT2D eigenvalue weighted by molar-refractivity contribution is -0.275. The molecule has 194 valence electrons. The minimum Gasteiger partial charge on any atom is -0.406 e. The van der Waals surface area contributed by atoms with Crippen LogP contribution in [0.3, 0.4) is 0 Å². The lowest BCUT2D eigenvalue weighted by atomic mass is 9.90. The van der Waals surface area contributed by atoms with Crippen LogP contribution >= 0.6 is 0 Å². The molecule has 0 bridgehead atoms. The van der Waals surface area contributed by atoms with Crippen LogP contribution in [0.4, 0.5) is 26.3 Å². The first-order chi connectivity index (χ1) is 18.9. The van der Waals surface area contributed by atoms with Gasteiger partial charge in [-0.2, -0.15) is 21.0 Å². The molecule has 0 saturated heterocycles. The van der Waals surface area contributed by atoms with E-state index in [1.54, 1.807) is 24.3 Å². The van der Waals surface area contributed by atoms with Crippen LogP contribution in [0, 0.1) is 45.3 Å². The summed E-state index contributed by atoms with van der Waals surface area (Å²) in [5.41, 5.74) is 0.995. The molecule has 0 unspecified atom stereocenters. The van der Waals surface area contributed by atoms with E-state index in [4.69, 9.17) is 0 Å². The Balaban J connectivity index is 1.86. The summed E-state index contributed by atoms with van der Waals surface area (Å²) in [5.74, 6) is -1.22. The molecule has 0 N–H and O–H groups in total. The van der Waals surface area contributed by atoms with Crippen molar-refractivity contribution in [3.05, 3.63) is 81.9 Å². The number of alkyl halides is 6. The van der Waals surface area contributed by atoms with Crippen molar-refractivity contribution in [1.29, 1.82) is 21.0 Å². The van der Waals surface area contributed by atoms with Crippen LogP contribution < -0.4 is 9.47 Å². The fourth-order valence-corrected chi connectivity index (χ4v) is 4.96. The van der Waals surface area contributed by atoms with Crippen LogP contribution in [0.1, 0.15) is 22.3 Å². The zero-order valence-corrected chi connectivity index (χ0v) is 19.5. The molecule has 0 saturated carbocycles. The van der Waals surface area contributed by atoms with Gasteiger partial charge in [0.25, 0.3) is 0 Å². The Bertz CT molecular complexity index is 1840. The third kappa shape index (κ3) is 4.15. The second kappa shape index (κ2) is 8.94. The number of benzene rings is 3. The lowest BCUT2D eigenvalue weighted by Gasteiger charge is -2.12. The van der Waals surface area contributed by atoms with Crippen molar-refractivity contribution in [2.24, 2.45) is 0 Å². The first-order valence-corrected chi connectivity index (χ1v) is 11.0. The topological polar surface area (TPSA) is 114 Å². The smallest absolute Gasteiger partial charge is 0.406 e. The maximum Gasteiger partial charge on any atom is 0.573 e. The third-order valence-corrected chi connectivity index (χ3v) is 6.22. The van der Waals surface area contributed by atoms with Gasteiger partial charge in [0, 0.05) is 16.7 Å². The first kappa shape index (κ1) is 25.9. The predicted molar refractivity (Wildman–Crippen MR) is 125 cm³/mol. The quantitative estimate of drug-likeness (QED) is 0.172. The standard InChI is InChI=1S/C28H8F6N4O2/c29-27(30,31)39-15-1-3-17-18-5-6-20-23(13(9-35)10-36)22-8-16(40-28(32,33)34)2-4-19(22)25(20)26(18)24(21(17)7-15)14(11-37)12-38/h1-8H. The maximum absolute atomic E-state index is 12.9. The molecule has 0 spiro atoms. The summed E-state index contributed by atoms with van der Waals surface area (Å²) in [5, 5.41) is 38.7. The van der Waals surface area contributed by atoms with Crippen LogP contribution in [0.5, 0.6) is 11.5 Å². The van der Waals surface area contributed by atoms with Gasteiger partial charge in [0.05, 0.1) is 0 Å². The van der Waals surface area contributed by atoms with Gasteiger partial charge in [0.15, 0.2) is 0 Å². The molecule has 3 aromatic carbocycles. The highest BCUT2D eigenvalue weighted by atomic mass is 19.4. The van der Waals surface area contributed by atoms with E-state index in [1.807, 2.05) is 0 Å². The van der Waals surface area contributed by atoms with Crippen molar-refractivity contribution < 1.29 is 35.8 Å². The summed E-state index contributed by atoms with van der Waals surface area (Å²) in [6.45, 7) is 0. The van der Waals surface area contributed by atoms with Gasteiger partial charge in [-0.15, -0.1) is 26.3 Å². The predicted octanol–water partition coefficient (Wildman–Crippen LogP) is 7.14. The number of halogens is 6. The Morgan fingerprint density at radius 2 is 0.925 bits per heavy atom. The molecule has 0 aliphatic heterocycles. The van der Waals surface area contributed by atoms with E-state index < -0.39 is 35.4 Å². The molecule has 0 aromatic heterocycles. The number of fused-ring (bicyclic) bond motifs is 7. The first-order valence-electron chi connectivity index (χ1n) is 11.0. The average Bonchev–Trinajstić information content (AvgIpc) is 3.36. The summed E-state index contributed by atoms with van der Waals surface area (Å²) in [4.78, 5) is 0. The molecular weight excluding hydrogens is 538 g/mol. The van der Waals surface area contributed by atoms with E-state index in [1.165, 1.54) is 24.3 Å². The number of rotatable bonds is 2. The van der Waals surface area contributed by atoms with Gasteiger partial charge < -0.3 is 9.47 Å². The van der Waals surface area contributed by atoms with Crippen molar-refractivity contribution in [2.75, 3.05) is 0 Å². The van der Waals surface area contributed by atoms with E-state index in [0.29, 0.717) is 11.1 Å². The Labute approximate surface area is 221 Å². The SMILES string of the molecule is N#CC(C#N)=C1c2cc(OC(F)(F)F)ccc2-c2c1ccc1c2C(=C(C#N)C#N)c2cc(OC(F)(F)F)ccc2-1. The van der Waals surface area contributed by atoms with Crippen molar-refractivity contribution >= 4 is 11.1 Å². The number of nitriles is 4. The molecule has 5 rings (SSSR count). The van der Waals surface area contributed by atoms with Gasteiger partial charge in [0.1, 0.15) is 46.9 Å². The van der Waals surface area contributed by atoms with Crippen molar-refractivity contribution in [1.82, 2.24) is 0 Å². The number of allylic oxidation sites excluding steroid dienone is 2. The van der Waals surface area contributed by atoms with Gasteiger partial charge in [-0.3, -0.25) is 0 Å². The Kier molecular flexibility index (Phi) is 5.79. The molecule has 0 atom stereocenters. The average molecular weight is 546 g/mol. The second-order valence-corrected chi connectivity index (χ2v) is 8.37. The number of hydrogen-bond donors (Lipinski definition) is 0. The van der Waals surface area contributed by atoms with E-state index in [-0.39, 0.29) is 44.5 Å². The summed E-state index contributed by atoms with van der Waals surface area (Å²) in [6.07, 6.45) is -10.0. The fraction of sp³-hybridized carbons (Fsp3) is 0.0714. The maximum atomic E-state index is 12.9. The summed E-state index contributed by atoms with van der Waals surface area (Å²) in [6, 6.07) is 16.7. The number of hydrogen-bond acceptors (Lipinski definition) is 6. The molecule has 0 radical (unpaired) electrons. The molecule has 2 aliphatic rings. The van der Waals surface area contributed by atoms with Gasteiger partial charge in [-0.1, -0.05) is 24.3 Å². The summed E-state index contributed by atoms with van der Waals surface area (Å²) >= 11 is 0. The summed E-state index contributed by atoms with van der Waals surface area (Å²) < 4.78 is 85.7. The normalized spacial score (nSPS) is 12.6. The number of ether oxygens (including phenoxy) is 2. The lowest BCUT2D eigenvalue weighted by Crippen LogP contribution is -2.17. The number of nitrogens with zero attached hydrogens (tertiary/aromatic N) is 4. The Hall–Kier alpha value is -5.72. The van der Waals surface area contributed by atoms with Crippen LogP contribution in [0.25, 0.3) is 33.4 Å². The van der Waals surface area contributed by atoms with E-state index in [0.717, 1.165) is 24.3 Å². The molecule has 3 aromatic rings. The molecular formula is C28H8F6N4O2. The van der Waals surface area contributed by atoms with Crippen LogP contribution in [0.2, 0.25) is 0 Å². The molecule has 2 aliphatic carbocycles. The van der Waals surface area contributed by atoms with Crippen molar-refractivity contribution in [3.63, 3.8) is 0 Å². The zero-order chi connectivity index (χ0) is 29.0. The third-order valence-electron chi connectivity index (χ3n) is 6.22. The van der Waals surface area contributed by atoms with E-state index in [9.17, 15) is 47.4 Å².